The number of hydrogen-bond acceptors (Lipinski definition) is 8. The van der Waals surface area contributed by atoms with Crippen molar-refractivity contribution < 1.29 is 27.9 Å². The van der Waals surface area contributed by atoms with Crippen LogP contribution in [0.4, 0.5) is 24.7 Å². The lowest BCUT2D eigenvalue weighted by atomic mass is 10.0. The van der Waals surface area contributed by atoms with E-state index >= 15 is 0 Å². The predicted octanol–water partition coefficient (Wildman–Crippen LogP) is 5.24. The zero-order chi connectivity index (χ0) is 26.4. The third kappa shape index (κ3) is 6.05. The van der Waals surface area contributed by atoms with Gasteiger partial charge >= 0.3 is 6.18 Å². The maximum atomic E-state index is 13.8. The molecule has 9 nitrogen and oxygen atoms in total. The van der Waals surface area contributed by atoms with E-state index in [1.165, 1.54) is 18.2 Å². The van der Waals surface area contributed by atoms with Gasteiger partial charge in [0.05, 0.1) is 35.6 Å². The number of amides is 1. The highest BCUT2D eigenvalue weighted by Crippen LogP contribution is 2.36. The Morgan fingerprint density at radius 1 is 1.11 bits per heavy atom. The van der Waals surface area contributed by atoms with Crippen LogP contribution >= 0.6 is 0 Å². The van der Waals surface area contributed by atoms with Crippen LogP contribution in [0.2, 0.25) is 0 Å². The first-order valence-corrected chi connectivity index (χ1v) is 11.0. The van der Waals surface area contributed by atoms with Crippen LogP contribution in [0.25, 0.3) is 22.2 Å². The number of fused-ring (bicyclic) bond motifs is 1. The summed E-state index contributed by atoms with van der Waals surface area (Å²) >= 11 is 0. The Kier molecular flexibility index (Phi) is 7.70. The number of carbonyl (C=O) groups is 1. The third-order valence-electron chi connectivity index (χ3n) is 5.35. The van der Waals surface area contributed by atoms with Crippen molar-refractivity contribution in [2.45, 2.75) is 12.7 Å². The van der Waals surface area contributed by atoms with Crippen LogP contribution in [0.15, 0.2) is 72.0 Å². The summed E-state index contributed by atoms with van der Waals surface area (Å²) in [7, 11) is 0. The summed E-state index contributed by atoms with van der Waals surface area (Å²) in [6.07, 6.45) is -3.13. The summed E-state index contributed by atoms with van der Waals surface area (Å²) < 4.78 is 41.3. The molecule has 4 N–H and O–H groups in total. The topological polar surface area (TPSA) is 133 Å². The molecule has 0 atom stereocenters. The Morgan fingerprint density at radius 2 is 1.95 bits per heavy atom. The number of aliphatic hydroxyl groups excluding tert-OH is 1. The van der Waals surface area contributed by atoms with Crippen molar-refractivity contribution in [3.8, 4) is 11.3 Å². The minimum Gasteiger partial charge on any atom is -0.394 e. The normalized spacial score (nSPS) is 11.4. The number of benzene rings is 2. The molecule has 0 aliphatic heterocycles. The summed E-state index contributed by atoms with van der Waals surface area (Å²) in [5.74, 6) is -0.886. The van der Waals surface area contributed by atoms with Crippen LogP contribution in [0.5, 0.6) is 0 Å². The monoisotopic (exact) mass is 510 g/mol. The molecule has 4 aromatic rings. The lowest BCUT2D eigenvalue weighted by Gasteiger charge is -2.15. The molecule has 2 aromatic carbocycles. The number of aliphatic hydroxyl groups is 1. The number of alkyl halides is 3. The van der Waals surface area contributed by atoms with Gasteiger partial charge in [0.2, 0.25) is 0 Å². The van der Waals surface area contributed by atoms with Crippen molar-refractivity contribution >= 4 is 28.3 Å². The molecule has 190 valence electrons. The van der Waals surface area contributed by atoms with Gasteiger partial charge in [-0.15, -0.1) is 0 Å². The summed E-state index contributed by atoms with van der Waals surface area (Å²) in [5, 5.41) is 16.2. The molecule has 0 aliphatic carbocycles. The Hall–Kier alpha value is -4.42. The van der Waals surface area contributed by atoms with Crippen molar-refractivity contribution in [2.75, 3.05) is 18.5 Å². The van der Waals surface area contributed by atoms with Gasteiger partial charge in [-0.2, -0.15) is 18.3 Å². The van der Waals surface area contributed by atoms with Crippen LogP contribution in [-0.4, -0.2) is 34.2 Å². The van der Waals surface area contributed by atoms with Gasteiger partial charge in [-0.3, -0.25) is 14.6 Å². The van der Waals surface area contributed by atoms with Gasteiger partial charge in [0.25, 0.3) is 5.91 Å². The molecule has 0 fully saturated rings. The third-order valence-corrected chi connectivity index (χ3v) is 5.35. The standard InChI is InChI=1S/C25H21F3N6O3/c26-25(27,28)19-13-17(4-5-18(19)24(36)34-37-11-10-35)21-7-8-22(33-29)23(32-21)31-14-15-3-6-20-16(12-15)2-1-9-30-20/h1-9,12-13,29,35H,10-11,14H2,(H,31,32)(H,34,36). The second-order valence-corrected chi connectivity index (χ2v) is 7.82. The Bertz CT molecular complexity index is 1450. The first-order chi connectivity index (χ1) is 17.8. The maximum Gasteiger partial charge on any atom is 0.417 e. The quantitative estimate of drug-likeness (QED) is 0.138. The average molecular weight is 510 g/mol. The number of nitrogens with zero attached hydrogens (tertiary/aromatic N) is 3. The van der Waals surface area contributed by atoms with Crippen molar-refractivity contribution in [3.63, 3.8) is 0 Å². The number of carbonyl (C=O) groups excluding carboxylic acids is 1. The fourth-order valence-corrected chi connectivity index (χ4v) is 3.61. The Labute approximate surface area is 208 Å². The van der Waals surface area contributed by atoms with Crippen LogP contribution in [0, 0.1) is 5.53 Å². The fourth-order valence-electron chi connectivity index (χ4n) is 3.61. The number of pyridine rings is 2. The SMILES string of the molecule is N=Nc1ccc(-c2ccc(C(=O)NOCCO)c(C(F)(F)F)c2)nc1NCc1ccc2ncccc2c1. The minimum atomic E-state index is -4.83. The number of hydroxylamine groups is 1. The number of nitrogens with one attached hydrogen (secondary N) is 3. The molecule has 0 saturated carbocycles. The first kappa shape index (κ1) is 25.7. The first-order valence-electron chi connectivity index (χ1n) is 11.0. The van der Waals surface area contributed by atoms with Crippen LogP contribution < -0.4 is 10.8 Å². The Balaban J connectivity index is 1.62. The molecule has 37 heavy (non-hydrogen) atoms. The van der Waals surface area contributed by atoms with E-state index in [1.807, 2.05) is 35.8 Å². The highest BCUT2D eigenvalue weighted by Gasteiger charge is 2.36. The molecule has 1 amide bonds. The fraction of sp³-hybridized carbons (Fsp3) is 0.160. The number of aromatic nitrogens is 2. The smallest absolute Gasteiger partial charge is 0.394 e. The lowest BCUT2D eigenvalue weighted by Crippen LogP contribution is -2.27. The molecule has 0 saturated heterocycles. The second kappa shape index (κ2) is 11.1. The molecule has 0 spiro atoms. The van der Waals surface area contributed by atoms with Gasteiger partial charge in [0, 0.05) is 23.7 Å². The summed E-state index contributed by atoms with van der Waals surface area (Å²) in [5.41, 5.74) is 9.73. The number of rotatable bonds is 9. The average Bonchev–Trinajstić information content (AvgIpc) is 2.91. The van der Waals surface area contributed by atoms with Gasteiger partial charge in [-0.05, 0) is 48.0 Å². The Morgan fingerprint density at radius 3 is 2.70 bits per heavy atom. The van der Waals surface area contributed by atoms with Crippen molar-refractivity contribution in [3.05, 3.63) is 83.6 Å². The van der Waals surface area contributed by atoms with E-state index in [-0.39, 0.29) is 29.4 Å². The van der Waals surface area contributed by atoms with Crippen LogP contribution in [0.1, 0.15) is 21.5 Å². The van der Waals surface area contributed by atoms with Gasteiger partial charge in [-0.25, -0.2) is 16.0 Å². The molecule has 2 aromatic heterocycles. The van der Waals surface area contributed by atoms with E-state index in [2.05, 4.69) is 25.2 Å². The number of halogens is 3. The van der Waals surface area contributed by atoms with Crippen LogP contribution in [-0.2, 0) is 17.6 Å². The van der Waals surface area contributed by atoms with Gasteiger partial charge in [0.1, 0.15) is 5.69 Å². The highest BCUT2D eigenvalue weighted by atomic mass is 19.4. The van der Waals surface area contributed by atoms with E-state index in [0.29, 0.717) is 6.54 Å². The van der Waals surface area contributed by atoms with E-state index in [0.717, 1.165) is 28.6 Å². The molecule has 0 aliphatic rings. The number of anilines is 1. The van der Waals surface area contributed by atoms with Gasteiger partial charge in [-0.1, -0.05) is 18.2 Å². The van der Waals surface area contributed by atoms with Crippen LogP contribution in [0.3, 0.4) is 0 Å². The molecular weight excluding hydrogens is 489 g/mol. The van der Waals surface area contributed by atoms with E-state index < -0.39 is 29.8 Å². The molecular formula is C25H21F3N6O3. The van der Waals surface area contributed by atoms with E-state index in [1.54, 1.807) is 6.20 Å². The van der Waals surface area contributed by atoms with Gasteiger partial charge in [0.15, 0.2) is 5.82 Å². The summed E-state index contributed by atoms with van der Waals surface area (Å²) in [4.78, 5) is 25.5. The summed E-state index contributed by atoms with van der Waals surface area (Å²) in [6.45, 7) is -0.356. The maximum absolute atomic E-state index is 13.8. The molecule has 0 bridgehead atoms. The lowest BCUT2D eigenvalue weighted by molar-refractivity contribution is -0.138. The molecule has 0 radical (unpaired) electrons. The highest BCUT2D eigenvalue weighted by molar-refractivity contribution is 5.96. The van der Waals surface area contributed by atoms with E-state index in [4.69, 9.17) is 10.6 Å². The van der Waals surface area contributed by atoms with Crippen molar-refractivity contribution in [1.29, 1.82) is 5.53 Å². The zero-order valence-electron chi connectivity index (χ0n) is 19.2. The van der Waals surface area contributed by atoms with Crippen molar-refractivity contribution in [1.82, 2.24) is 15.4 Å². The minimum absolute atomic E-state index is 0.108. The van der Waals surface area contributed by atoms with Crippen molar-refractivity contribution in [2.24, 2.45) is 5.11 Å². The second-order valence-electron chi connectivity index (χ2n) is 7.82. The summed E-state index contributed by atoms with van der Waals surface area (Å²) in [6, 6.07) is 15.5. The molecule has 12 heteroatoms. The predicted molar refractivity (Wildman–Crippen MR) is 129 cm³/mol. The molecule has 0 unspecified atom stereocenters. The number of hydrogen-bond donors (Lipinski definition) is 4. The largest absolute Gasteiger partial charge is 0.417 e. The van der Waals surface area contributed by atoms with Gasteiger partial charge < -0.3 is 10.4 Å². The molecule has 4 rings (SSSR count). The zero-order valence-corrected chi connectivity index (χ0v) is 19.2. The molecule has 2 heterocycles. The van der Waals surface area contributed by atoms with E-state index in [9.17, 15) is 18.0 Å².